The molecule has 0 fully saturated rings. The van der Waals surface area contributed by atoms with Crippen LogP contribution in [-0.4, -0.2) is 4.57 Å². The van der Waals surface area contributed by atoms with Crippen LogP contribution in [0.4, 0.5) is 0 Å². The normalized spacial score (nSPS) is 10.5. The lowest BCUT2D eigenvalue weighted by Crippen LogP contribution is -1.98. The van der Waals surface area contributed by atoms with Crippen molar-refractivity contribution in [2.24, 2.45) is 0 Å². The van der Waals surface area contributed by atoms with E-state index >= 15 is 0 Å². The van der Waals surface area contributed by atoms with Crippen molar-refractivity contribution in [2.45, 2.75) is 77.7 Å². The van der Waals surface area contributed by atoms with Crippen molar-refractivity contribution in [3.05, 3.63) is 24.0 Å². The van der Waals surface area contributed by atoms with Crippen LogP contribution in [0.1, 0.15) is 76.8 Å². The first-order valence-electron chi connectivity index (χ1n) is 7.93. The highest BCUT2D eigenvalue weighted by molar-refractivity contribution is 5.21. The van der Waals surface area contributed by atoms with Crippen LogP contribution >= 0.6 is 0 Å². The van der Waals surface area contributed by atoms with Crippen molar-refractivity contribution in [2.75, 3.05) is 0 Å². The third-order valence-electron chi connectivity index (χ3n) is 3.70. The summed E-state index contributed by atoms with van der Waals surface area (Å²) in [6.45, 7) is 3.26. The van der Waals surface area contributed by atoms with Crippen molar-refractivity contribution in [1.82, 2.24) is 4.57 Å². The van der Waals surface area contributed by atoms with Gasteiger partial charge in [0, 0.05) is 12.7 Å². The van der Waals surface area contributed by atoms with E-state index in [-0.39, 0.29) is 0 Å². The molecule has 1 heterocycles. The van der Waals surface area contributed by atoms with Crippen molar-refractivity contribution < 1.29 is 0 Å². The molecule has 19 heavy (non-hydrogen) atoms. The standard InChI is InChI=1S/C17H28N2/c1-2-3-4-5-6-7-8-9-10-11-14-19-15-12-13-17(19)16-18/h12-13,15H,2-11,14H2,1H3. The summed E-state index contributed by atoms with van der Waals surface area (Å²) in [5.41, 5.74) is 0.788. The molecule has 0 radical (unpaired) electrons. The fourth-order valence-electron chi connectivity index (χ4n) is 2.48. The Labute approximate surface area is 118 Å². The first-order chi connectivity index (χ1) is 9.38. The second-order valence-electron chi connectivity index (χ2n) is 5.38. The Hall–Kier alpha value is -1.23. The molecule has 0 aliphatic heterocycles. The van der Waals surface area contributed by atoms with E-state index < -0.39 is 0 Å². The molecule has 0 spiro atoms. The van der Waals surface area contributed by atoms with Gasteiger partial charge >= 0.3 is 0 Å². The number of unbranched alkanes of at least 4 members (excludes halogenated alkanes) is 9. The van der Waals surface area contributed by atoms with Crippen LogP contribution in [0.3, 0.4) is 0 Å². The fourth-order valence-corrected chi connectivity index (χ4v) is 2.48. The number of nitriles is 1. The molecule has 2 nitrogen and oxygen atoms in total. The maximum Gasteiger partial charge on any atom is 0.120 e. The van der Waals surface area contributed by atoms with Gasteiger partial charge in [0.25, 0.3) is 0 Å². The van der Waals surface area contributed by atoms with Gasteiger partial charge in [-0.2, -0.15) is 5.26 Å². The van der Waals surface area contributed by atoms with Crippen molar-refractivity contribution >= 4 is 0 Å². The van der Waals surface area contributed by atoms with Crippen LogP contribution in [0.5, 0.6) is 0 Å². The van der Waals surface area contributed by atoms with E-state index in [2.05, 4.69) is 17.6 Å². The van der Waals surface area contributed by atoms with E-state index in [1.165, 1.54) is 64.2 Å². The molecule has 0 unspecified atom stereocenters. The molecule has 1 rings (SSSR count). The molecule has 1 aromatic rings. The zero-order chi connectivity index (χ0) is 13.8. The topological polar surface area (TPSA) is 28.7 Å². The SMILES string of the molecule is CCCCCCCCCCCCn1cccc1C#N. The molecule has 106 valence electrons. The van der Waals surface area contributed by atoms with Crippen LogP contribution in [-0.2, 0) is 6.54 Å². The lowest BCUT2D eigenvalue weighted by Gasteiger charge is -2.05. The monoisotopic (exact) mass is 260 g/mol. The van der Waals surface area contributed by atoms with Gasteiger partial charge in [-0.05, 0) is 18.6 Å². The average Bonchev–Trinajstić information content (AvgIpc) is 2.88. The molecular formula is C17H28N2. The molecule has 0 amide bonds. The lowest BCUT2D eigenvalue weighted by atomic mass is 10.1. The van der Waals surface area contributed by atoms with Gasteiger partial charge in [0.05, 0.1) is 0 Å². The minimum atomic E-state index is 0.788. The summed E-state index contributed by atoms with van der Waals surface area (Å²) < 4.78 is 2.06. The first-order valence-corrected chi connectivity index (χ1v) is 7.93. The number of nitrogens with zero attached hydrogens (tertiary/aromatic N) is 2. The number of aryl methyl sites for hydroxylation is 1. The highest BCUT2D eigenvalue weighted by Gasteiger charge is 1.98. The smallest absolute Gasteiger partial charge is 0.120 e. The van der Waals surface area contributed by atoms with Crippen LogP contribution in [0.15, 0.2) is 18.3 Å². The molecule has 2 heteroatoms. The zero-order valence-electron chi connectivity index (χ0n) is 12.4. The molecule has 0 N–H and O–H groups in total. The van der Waals surface area contributed by atoms with Crippen molar-refractivity contribution in [1.29, 1.82) is 5.26 Å². The van der Waals surface area contributed by atoms with Gasteiger partial charge < -0.3 is 4.57 Å². The Morgan fingerprint density at radius 2 is 1.53 bits per heavy atom. The molecule has 0 aromatic carbocycles. The summed E-state index contributed by atoms with van der Waals surface area (Å²) in [5.74, 6) is 0. The van der Waals surface area contributed by atoms with Crippen molar-refractivity contribution in [3.8, 4) is 6.07 Å². The Morgan fingerprint density at radius 1 is 0.947 bits per heavy atom. The van der Waals surface area contributed by atoms with Crippen LogP contribution in [0, 0.1) is 11.3 Å². The fraction of sp³-hybridized carbons (Fsp3) is 0.706. The van der Waals surface area contributed by atoms with E-state index in [0.717, 1.165) is 12.2 Å². The molecule has 0 atom stereocenters. The second-order valence-corrected chi connectivity index (χ2v) is 5.38. The highest BCUT2D eigenvalue weighted by atomic mass is 15.0. The maximum absolute atomic E-state index is 8.90. The minimum Gasteiger partial charge on any atom is -0.339 e. The van der Waals surface area contributed by atoms with Gasteiger partial charge in [0.1, 0.15) is 11.8 Å². The molecule has 0 bridgehead atoms. The average molecular weight is 260 g/mol. The first kappa shape index (κ1) is 15.8. The van der Waals surface area contributed by atoms with Gasteiger partial charge in [-0.25, -0.2) is 0 Å². The van der Waals surface area contributed by atoms with Gasteiger partial charge in [-0.3, -0.25) is 0 Å². The van der Waals surface area contributed by atoms with Gasteiger partial charge in [0.15, 0.2) is 0 Å². The third-order valence-corrected chi connectivity index (χ3v) is 3.70. The summed E-state index contributed by atoms with van der Waals surface area (Å²) in [5, 5.41) is 8.90. The highest BCUT2D eigenvalue weighted by Crippen LogP contribution is 2.11. The predicted molar refractivity (Wildman–Crippen MR) is 81.0 cm³/mol. The van der Waals surface area contributed by atoms with Crippen LogP contribution in [0.25, 0.3) is 0 Å². The largest absolute Gasteiger partial charge is 0.339 e. The third kappa shape index (κ3) is 7.06. The Balaban J connectivity index is 1.90. The quantitative estimate of drug-likeness (QED) is 0.497. The Morgan fingerprint density at radius 3 is 2.11 bits per heavy atom. The van der Waals surface area contributed by atoms with E-state index in [4.69, 9.17) is 5.26 Å². The van der Waals surface area contributed by atoms with E-state index in [1.807, 2.05) is 18.3 Å². The number of hydrogen-bond acceptors (Lipinski definition) is 1. The van der Waals surface area contributed by atoms with E-state index in [9.17, 15) is 0 Å². The Bertz CT molecular complexity index is 360. The molecule has 0 aliphatic carbocycles. The number of rotatable bonds is 11. The van der Waals surface area contributed by atoms with Gasteiger partial charge in [-0.1, -0.05) is 64.7 Å². The van der Waals surface area contributed by atoms with Gasteiger partial charge in [-0.15, -0.1) is 0 Å². The lowest BCUT2D eigenvalue weighted by molar-refractivity contribution is 0.534. The summed E-state index contributed by atoms with van der Waals surface area (Å²) >= 11 is 0. The number of hydrogen-bond donors (Lipinski definition) is 0. The number of aromatic nitrogens is 1. The molecule has 0 aliphatic rings. The predicted octanol–water partition coefficient (Wildman–Crippen LogP) is 5.28. The Kier molecular flexibility index (Phi) is 8.89. The summed E-state index contributed by atoms with van der Waals surface area (Å²) in [6.07, 6.45) is 15.6. The van der Waals surface area contributed by atoms with Crippen LogP contribution < -0.4 is 0 Å². The molecule has 0 saturated heterocycles. The van der Waals surface area contributed by atoms with Crippen molar-refractivity contribution in [3.63, 3.8) is 0 Å². The van der Waals surface area contributed by atoms with Crippen LogP contribution in [0.2, 0.25) is 0 Å². The molecule has 1 aromatic heterocycles. The van der Waals surface area contributed by atoms with E-state index in [0.29, 0.717) is 0 Å². The zero-order valence-corrected chi connectivity index (χ0v) is 12.4. The molecular weight excluding hydrogens is 232 g/mol. The maximum atomic E-state index is 8.90. The minimum absolute atomic E-state index is 0.788. The van der Waals surface area contributed by atoms with E-state index in [1.54, 1.807) is 0 Å². The summed E-state index contributed by atoms with van der Waals surface area (Å²) in [6, 6.07) is 6.06. The molecule has 0 saturated carbocycles. The summed E-state index contributed by atoms with van der Waals surface area (Å²) in [4.78, 5) is 0. The second kappa shape index (κ2) is 10.7. The summed E-state index contributed by atoms with van der Waals surface area (Å²) in [7, 11) is 0. The van der Waals surface area contributed by atoms with Gasteiger partial charge in [0.2, 0.25) is 0 Å².